The Morgan fingerprint density at radius 1 is 0.935 bits per heavy atom. The molecule has 0 radical (unpaired) electrons. The smallest absolute Gasteiger partial charge is 0.410 e. The second kappa shape index (κ2) is 13.3. The van der Waals surface area contributed by atoms with E-state index < -0.39 is 12.2 Å². The number of benzene rings is 2. The normalized spacial score (nSPS) is 20.8. The minimum atomic E-state index is -0.945. The lowest BCUT2D eigenvalue weighted by molar-refractivity contribution is -0.143. The molecule has 2 N–H and O–H groups in total. The number of anilines is 1. The molecule has 4 aliphatic rings. The van der Waals surface area contributed by atoms with Crippen LogP contribution in [-0.2, 0) is 22.5 Å². The van der Waals surface area contributed by atoms with Gasteiger partial charge in [-0.2, -0.15) is 0 Å². The first-order valence-corrected chi connectivity index (χ1v) is 16.9. The zero-order valence-corrected chi connectivity index (χ0v) is 26.6. The fourth-order valence-electron chi connectivity index (χ4n) is 7.74. The Hall–Kier alpha value is -4.19. The predicted molar refractivity (Wildman–Crippen MR) is 173 cm³/mol. The van der Waals surface area contributed by atoms with Crippen LogP contribution in [-0.4, -0.2) is 110 Å². The fraction of sp³-hybridized carbons (Fsp3) is 0.559. The molecule has 3 fully saturated rings. The summed E-state index contributed by atoms with van der Waals surface area (Å²) >= 11 is 0. The summed E-state index contributed by atoms with van der Waals surface area (Å²) in [7, 11) is 0. The van der Waals surface area contributed by atoms with Gasteiger partial charge >= 0.3 is 12.1 Å². The fourth-order valence-corrected chi connectivity index (χ4v) is 7.74. The summed E-state index contributed by atoms with van der Waals surface area (Å²) in [6, 6.07) is 12.3. The summed E-state index contributed by atoms with van der Waals surface area (Å²) in [5, 5.41) is 14.0. The Balaban J connectivity index is 1.01. The Kier molecular flexibility index (Phi) is 8.79. The van der Waals surface area contributed by atoms with Crippen molar-refractivity contribution in [3.8, 4) is 0 Å². The van der Waals surface area contributed by atoms with Crippen molar-refractivity contribution in [2.24, 2.45) is 0 Å². The molecular weight excluding hydrogens is 584 g/mol. The number of nitrogens with one attached hydrogen (secondary N) is 2. The number of fused-ring (bicyclic) bond motifs is 2. The van der Waals surface area contributed by atoms with Crippen LogP contribution in [0.15, 0.2) is 36.4 Å². The summed E-state index contributed by atoms with van der Waals surface area (Å²) in [6.07, 6.45) is 6.51. The van der Waals surface area contributed by atoms with Crippen LogP contribution in [0, 0.1) is 6.92 Å². The van der Waals surface area contributed by atoms with Crippen molar-refractivity contribution < 1.29 is 19.1 Å². The molecule has 2 saturated heterocycles. The highest BCUT2D eigenvalue weighted by molar-refractivity contribution is 5.92. The van der Waals surface area contributed by atoms with Gasteiger partial charge in [-0.3, -0.25) is 14.8 Å². The first kappa shape index (κ1) is 30.5. The lowest BCUT2D eigenvalue weighted by Crippen LogP contribution is -2.55. The molecule has 3 aromatic rings. The molecule has 3 aliphatic heterocycles. The second-order valence-electron chi connectivity index (χ2n) is 13.3. The van der Waals surface area contributed by atoms with Crippen molar-refractivity contribution in [2.45, 2.75) is 83.0 Å². The third kappa shape index (κ3) is 6.40. The topological polar surface area (TPSA) is 127 Å². The number of rotatable bonds is 6. The molecular formula is C34H44N8O4. The molecule has 12 nitrogen and oxygen atoms in total. The minimum absolute atomic E-state index is 0.0208. The van der Waals surface area contributed by atoms with Crippen molar-refractivity contribution in [1.29, 1.82) is 0 Å². The standard InChI is InChI=1S/C34H44N8O4/c1-23-19-24(20-29-31(23)37-38-36-29)21-30(32(43)40-17-15-39(16-18-40)26-8-3-2-4-9-26)46-34(45)41-13-11-27(12-14-41)42-22-25-7-5-6-10-28(25)35-33(42)44/h5-7,10,19-20,26-27,30H,2-4,8-9,11-18,21-22H2,1H3,(H,35,44)(H,36,37,38). The van der Waals surface area contributed by atoms with E-state index >= 15 is 0 Å². The van der Waals surface area contributed by atoms with E-state index in [1.807, 2.05) is 53.1 Å². The molecule has 1 saturated carbocycles. The number of H-pyrrole nitrogens is 1. The van der Waals surface area contributed by atoms with Crippen LogP contribution >= 0.6 is 0 Å². The number of aromatic amines is 1. The van der Waals surface area contributed by atoms with Gasteiger partial charge in [0.25, 0.3) is 5.91 Å². The van der Waals surface area contributed by atoms with Gasteiger partial charge in [-0.15, -0.1) is 5.10 Å². The molecule has 1 atom stereocenters. The number of urea groups is 1. The van der Waals surface area contributed by atoms with Gasteiger partial charge in [0.2, 0.25) is 0 Å². The van der Waals surface area contributed by atoms with Gasteiger partial charge in [0.1, 0.15) is 5.52 Å². The SMILES string of the molecule is Cc1cc(CC(OC(=O)N2CCC(N3Cc4ccccc4NC3=O)CC2)C(=O)N2CCN(C3CCCCC3)CC2)cc2nn[nH]c12. The number of hydrogen-bond acceptors (Lipinski definition) is 7. The molecule has 0 spiro atoms. The Bertz CT molecular complexity index is 1570. The molecule has 1 unspecified atom stereocenters. The first-order chi connectivity index (χ1) is 22.4. The second-order valence-corrected chi connectivity index (χ2v) is 13.3. The Morgan fingerprint density at radius 3 is 2.48 bits per heavy atom. The van der Waals surface area contributed by atoms with E-state index in [4.69, 9.17) is 4.74 Å². The average Bonchev–Trinajstić information content (AvgIpc) is 3.57. The summed E-state index contributed by atoms with van der Waals surface area (Å²) in [6.45, 7) is 6.42. The zero-order valence-electron chi connectivity index (χ0n) is 26.6. The van der Waals surface area contributed by atoms with Crippen molar-refractivity contribution in [2.75, 3.05) is 44.6 Å². The van der Waals surface area contributed by atoms with Gasteiger partial charge < -0.3 is 24.8 Å². The van der Waals surface area contributed by atoms with Crippen LogP contribution in [0.25, 0.3) is 11.0 Å². The molecule has 244 valence electrons. The molecule has 2 aromatic carbocycles. The number of piperazine rings is 1. The highest BCUT2D eigenvalue weighted by Crippen LogP contribution is 2.29. The largest absolute Gasteiger partial charge is 0.436 e. The summed E-state index contributed by atoms with van der Waals surface area (Å²) in [4.78, 5) is 48.5. The highest BCUT2D eigenvalue weighted by Gasteiger charge is 2.36. The van der Waals surface area contributed by atoms with Crippen LogP contribution in [0.1, 0.15) is 61.6 Å². The quantitative estimate of drug-likeness (QED) is 0.417. The first-order valence-electron chi connectivity index (χ1n) is 16.9. The summed E-state index contributed by atoms with van der Waals surface area (Å²) < 4.78 is 6.08. The molecule has 12 heteroatoms. The van der Waals surface area contributed by atoms with Gasteiger partial charge in [-0.25, -0.2) is 9.59 Å². The van der Waals surface area contributed by atoms with Crippen LogP contribution in [0.3, 0.4) is 0 Å². The van der Waals surface area contributed by atoms with E-state index in [-0.39, 0.29) is 24.4 Å². The van der Waals surface area contributed by atoms with Gasteiger partial charge in [-0.05, 0) is 61.4 Å². The number of ether oxygens (including phenoxy) is 1. The van der Waals surface area contributed by atoms with E-state index in [1.165, 1.54) is 32.1 Å². The van der Waals surface area contributed by atoms with E-state index in [0.29, 0.717) is 51.6 Å². The van der Waals surface area contributed by atoms with Crippen LogP contribution in [0.4, 0.5) is 15.3 Å². The number of likely N-dealkylation sites (tertiary alicyclic amines) is 1. The molecule has 4 amide bonds. The van der Waals surface area contributed by atoms with Crippen molar-refractivity contribution in [3.63, 3.8) is 0 Å². The third-order valence-corrected chi connectivity index (χ3v) is 10.4. The average molecular weight is 629 g/mol. The molecule has 7 rings (SSSR count). The van der Waals surface area contributed by atoms with Crippen molar-refractivity contribution in [1.82, 2.24) is 35.0 Å². The third-order valence-electron chi connectivity index (χ3n) is 10.4. The Morgan fingerprint density at radius 2 is 1.70 bits per heavy atom. The monoisotopic (exact) mass is 628 g/mol. The maximum absolute atomic E-state index is 14.0. The number of carbonyl (C=O) groups is 3. The molecule has 4 heterocycles. The van der Waals surface area contributed by atoms with Gasteiger partial charge in [0, 0.05) is 70.0 Å². The van der Waals surface area contributed by atoms with E-state index in [0.717, 1.165) is 46.5 Å². The van der Waals surface area contributed by atoms with Gasteiger partial charge in [0.05, 0.1) is 5.52 Å². The number of amides is 4. The van der Waals surface area contributed by atoms with E-state index in [9.17, 15) is 14.4 Å². The maximum Gasteiger partial charge on any atom is 0.410 e. The number of nitrogens with zero attached hydrogens (tertiary/aromatic N) is 6. The number of aryl methyl sites for hydroxylation is 1. The molecule has 46 heavy (non-hydrogen) atoms. The van der Waals surface area contributed by atoms with Gasteiger partial charge in [0.15, 0.2) is 6.10 Å². The number of aromatic nitrogens is 3. The lowest BCUT2D eigenvalue weighted by atomic mass is 9.94. The highest BCUT2D eigenvalue weighted by atomic mass is 16.6. The van der Waals surface area contributed by atoms with Crippen LogP contribution in [0.5, 0.6) is 0 Å². The molecule has 1 aromatic heterocycles. The summed E-state index contributed by atoms with van der Waals surface area (Å²) in [5.41, 5.74) is 5.37. The summed E-state index contributed by atoms with van der Waals surface area (Å²) in [5.74, 6) is -0.145. The number of carbonyl (C=O) groups excluding carboxylic acids is 3. The van der Waals surface area contributed by atoms with E-state index in [2.05, 4.69) is 25.6 Å². The maximum atomic E-state index is 14.0. The number of hydrogen-bond donors (Lipinski definition) is 2. The molecule has 1 aliphatic carbocycles. The van der Waals surface area contributed by atoms with Crippen LogP contribution < -0.4 is 5.32 Å². The van der Waals surface area contributed by atoms with E-state index in [1.54, 1.807) is 4.90 Å². The number of para-hydroxylation sites is 1. The lowest BCUT2D eigenvalue weighted by Gasteiger charge is -2.42. The van der Waals surface area contributed by atoms with Crippen molar-refractivity contribution >= 4 is 34.8 Å². The van der Waals surface area contributed by atoms with Gasteiger partial charge in [-0.1, -0.05) is 48.7 Å². The Labute approximate surface area is 269 Å². The minimum Gasteiger partial charge on any atom is -0.436 e. The number of piperidine rings is 1. The molecule has 0 bridgehead atoms. The predicted octanol–water partition coefficient (Wildman–Crippen LogP) is 4.30. The van der Waals surface area contributed by atoms with Crippen LogP contribution in [0.2, 0.25) is 0 Å². The zero-order chi connectivity index (χ0) is 31.6. The van der Waals surface area contributed by atoms with Crippen molar-refractivity contribution in [3.05, 3.63) is 53.1 Å².